The minimum Gasteiger partial charge on any atom is -0.380 e. The van der Waals surface area contributed by atoms with E-state index in [1.165, 1.54) is 5.56 Å². The van der Waals surface area contributed by atoms with E-state index in [1.807, 2.05) is 19.2 Å². The summed E-state index contributed by atoms with van der Waals surface area (Å²) in [6.07, 6.45) is 5.37. The highest BCUT2D eigenvalue weighted by Crippen LogP contribution is 2.24. The van der Waals surface area contributed by atoms with Gasteiger partial charge >= 0.3 is 0 Å². The number of amides is 1. The van der Waals surface area contributed by atoms with Crippen molar-refractivity contribution in [1.29, 1.82) is 0 Å². The predicted octanol–water partition coefficient (Wildman–Crippen LogP) is 0.212. The SMILES string of the molecule is CN1CCC(O)(C(=O)N[C@@H]2COC[C@H]2Cc2ccncc2)CC1. The average molecular weight is 319 g/mol. The van der Waals surface area contributed by atoms with Gasteiger partial charge in [0.15, 0.2) is 0 Å². The summed E-state index contributed by atoms with van der Waals surface area (Å²) in [5.74, 6) is -0.0166. The van der Waals surface area contributed by atoms with Crippen LogP contribution in [0.15, 0.2) is 24.5 Å². The second-order valence-corrected chi connectivity index (χ2v) is 6.77. The topological polar surface area (TPSA) is 74.7 Å². The molecule has 6 nitrogen and oxygen atoms in total. The first-order valence-corrected chi connectivity index (χ1v) is 8.25. The Morgan fingerprint density at radius 3 is 2.78 bits per heavy atom. The molecule has 0 bridgehead atoms. The largest absolute Gasteiger partial charge is 0.380 e. The van der Waals surface area contributed by atoms with Crippen molar-refractivity contribution in [2.45, 2.75) is 30.9 Å². The molecule has 1 aromatic rings. The smallest absolute Gasteiger partial charge is 0.252 e. The quantitative estimate of drug-likeness (QED) is 0.830. The summed E-state index contributed by atoms with van der Waals surface area (Å²) in [6, 6.07) is 3.93. The summed E-state index contributed by atoms with van der Waals surface area (Å²) in [5, 5.41) is 13.6. The molecule has 3 heterocycles. The molecule has 126 valence electrons. The first kappa shape index (κ1) is 16.4. The third-order valence-electron chi connectivity index (χ3n) is 5.00. The van der Waals surface area contributed by atoms with Gasteiger partial charge in [0.05, 0.1) is 19.3 Å². The van der Waals surface area contributed by atoms with Gasteiger partial charge < -0.3 is 20.1 Å². The number of aliphatic hydroxyl groups is 1. The van der Waals surface area contributed by atoms with Crippen molar-refractivity contribution >= 4 is 5.91 Å². The Balaban J connectivity index is 1.59. The first-order chi connectivity index (χ1) is 11.1. The molecule has 23 heavy (non-hydrogen) atoms. The highest BCUT2D eigenvalue weighted by Gasteiger charge is 2.41. The number of nitrogens with zero attached hydrogens (tertiary/aromatic N) is 2. The highest BCUT2D eigenvalue weighted by molar-refractivity contribution is 5.85. The number of likely N-dealkylation sites (tertiary alicyclic amines) is 1. The minimum atomic E-state index is -1.24. The zero-order chi connectivity index (χ0) is 16.3. The Kier molecular flexibility index (Phi) is 4.94. The maximum absolute atomic E-state index is 12.5. The van der Waals surface area contributed by atoms with E-state index in [1.54, 1.807) is 12.4 Å². The molecular formula is C17H25N3O3. The molecule has 0 aromatic carbocycles. The number of hydrogen-bond donors (Lipinski definition) is 2. The lowest BCUT2D eigenvalue weighted by Crippen LogP contribution is -2.56. The molecule has 3 rings (SSSR count). The number of ether oxygens (including phenoxy) is 1. The van der Waals surface area contributed by atoms with Crippen molar-refractivity contribution in [3.05, 3.63) is 30.1 Å². The minimum absolute atomic E-state index is 0.0423. The van der Waals surface area contributed by atoms with E-state index in [2.05, 4.69) is 15.2 Å². The molecule has 2 aliphatic rings. The highest BCUT2D eigenvalue weighted by atomic mass is 16.5. The standard InChI is InChI=1S/C17H25N3O3/c1-20-8-4-17(22,5-9-20)16(21)19-15-12-23-11-14(15)10-13-2-6-18-7-3-13/h2-3,6-7,14-15,22H,4-5,8-12H2,1H3,(H,19,21)/t14-,15-/m1/s1. The van der Waals surface area contributed by atoms with Crippen molar-refractivity contribution in [1.82, 2.24) is 15.2 Å². The van der Waals surface area contributed by atoms with Crippen molar-refractivity contribution in [3.8, 4) is 0 Å². The van der Waals surface area contributed by atoms with Gasteiger partial charge in [0, 0.05) is 31.4 Å². The van der Waals surface area contributed by atoms with E-state index in [0.29, 0.717) is 26.1 Å². The Morgan fingerprint density at radius 1 is 1.39 bits per heavy atom. The van der Waals surface area contributed by atoms with E-state index in [0.717, 1.165) is 19.5 Å². The number of carbonyl (C=O) groups excluding carboxylic acids is 1. The summed E-state index contributed by atoms with van der Waals surface area (Å²) in [5.41, 5.74) is -0.0520. The molecule has 0 radical (unpaired) electrons. The normalized spacial score (nSPS) is 27.7. The van der Waals surface area contributed by atoms with Gasteiger partial charge in [0.25, 0.3) is 5.91 Å². The Hall–Kier alpha value is -1.50. The fourth-order valence-electron chi connectivity index (χ4n) is 3.30. The molecule has 2 fully saturated rings. The molecule has 0 spiro atoms. The monoisotopic (exact) mass is 319 g/mol. The molecule has 2 N–H and O–H groups in total. The van der Waals surface area contributed by atoms with Crippen LogP contribution in [-0.2, 0) is 16.0 Å². The zero-order valence-electron chi connectivity index (χ0n) is 13.6. The molecule has 2 saturated heterocycles. The van der Waals surface area contributed by atoms with Gasteiger partial charge in [0.2, 0.25) is 0 Å². The Morgan fingerprint density at radius 2 is 2.09 bits per heavy atom. The van der Waals surface area contributed by atoms with Gasteiger partial charge in [-0.1, -0.05) is 0 Å². The number of rotatable bonds is 4. The number of aromatic nitrogens is 1. The van der Waals surface area contributed by atoms with E-state index >= 15 is 0 Å². The van der Waals surface area contributed by atoms with Crippen LogP contribution in [-0.4, -0.2) is 65.9 Å². The molecule has 2 aliphatic heterocycles. The predicted molar refractivity (Wildman–Crippen MR) is 85.9 cm³/mol. The molecular weight excluding hydrogens is 294 g/mol. The van der Waals surface area contributed by atoms with Crippen LogP contribution in [0.4, 0.5) is 0 Å². The fraction of sp³-hybridized carbons (Fsp3) is 0.647. The Bertz CT molecular complexity index is 529. The fourth-order valence-corrected chi connectivity index (χ4v) is 3.30. The lowest BCUT2D eigenvalue weighted by atomic mass is 9.89. The first-order valence-electron chi connectivity index (χ1n) is 8.25. The molecule has 0 saturated carbocycles. The summed E-state index contributed by atoms with van der Waals surface area (Å²) in [6.45, 7) is 2.63. The maximum atomic E-state index is 12.5. The number of hydrogen-bond acceptors (Lipinski definition) is 5. The van der Waals surface area contributed by atoms with Crippen LogP contribution in [0.1, 0.15) is 18.4 Å². The Labute approximate surface area is 136 Å². The van der Waals surface area contributed by atoms with Crippen molar-refractivity contribution in [2.24, 2.45) is 5.92 Å². The number of carbonyl (C=O) groups is 1. The molecule has 1 amide bonds. The second-order valence-electron chi connectivity index (χ2n) is 6.77. The van der Waals surface area contributed by atoms with E-state index in [4.69, 9.17) is 4.74 Å². The molecule has 6 heteroatoms. The molecule has 1 aromatic heterocycles. The van der Waals surface area contributed by atoms with Crippen LogP contribution in [0.5, 0.6) is 0 Å². The average Bonchev–Trinajstić information content (AvgIpc) is 2.98. The molecule has 0 aliphatic carbocycles. The molecule has 2 atom stereocenters. The van der Waals surface area contributed by atoms with Crippen LogP contribution in [0.3, 0.4) is 0 Å². The van der Waals surface area contributed by atoms with E-state index < -0.39 is 5.60 Å². The molecule has 0 unspecified atom stereocenters. The third-order valence-corrected chi connectivity index (χ3v) is 5.00. The summed E-state index contributed by atoms with van der Waals surface area (Å²) in [4.78, 5) is 18.7. The maximum Gasteiger partial charge on any atom is 0.252 e. The second kappa shape index (κ2) is 6.95. The van der Waals surface area contributed by atoms with Gasteiger partial charge in [-0.15, -0.1) is 0 Å². The van der Waals surface area contributed by atoms with Crippen molar-refractivity contribution in [3.63, 3.8) is 0 Å². The zero-order valence-corrected chi connectivity index (χ0v) is 13.6. The third kappa shape index (κ3) is 3.88. The summed E-state index contributed by atoms with van der Waals surface area (Å²) >= 11 is 0. The van der Waals surface area contributed by atoms with Gasteiger partial charge in [-0.2, -0.15) is 0 Å². The lowest BCUT2D eigenvalue weighted by Gasteiger charge is -2.36. The van der Waals surface area contributed by atoms with Gasteiger partial charge in [-0.05, 0) is 44.0 Å². The van der Waals surface area contributed by atoms with Gasteiger partial charge in [0.1, 0.15) is 5.60 Å². The van der Waals surface area contributed by atoms with Gasteiger partial charge in [-0.3, -0.25) is 9.78 Å². The summed E-state index contributed by atoms with van der Waals surface area (Å²) < 4.78 is 5.56. The van der Waals surface area contributed by atoms with E-state index in [-0.39, 0.29) is 17.9 Å². The van der Waals surface area contributed by atoms with Gasteiger partial charge in [-0.25, -0.2) is 0 Å². The number of piperidine rings is 1. The van der Waals surface area contributed by atoms with Crippen LogP contribution >= 0.6 is 0 Å². The van der Waals surface area contributed by atoms with Crippen molar-refractivity contribution < 1.29 is 14.6 Å². The van der Waals surface area contributed by atoms with Crippen LogP contribution in [0.2, 0.25) is 0 Å². The van der Waals surface area contributed by atoms with Crippen LogP contribution < -0.4 is 5.32 Å². The van der Waals surface area contributed by atoms with Crippen molar-refractivity contribution in [2.75, 3.05) is 33.4 Å². The van der Waals surface area contributed by atoms with E-state index in [9.17, 15) is 9.90 Å². The number of nitrogens with one attached hydrogen (secondary N) is 1. The lowest BCUT2D eigenvalue weighted by molar-refractivity contribution is -0.145. The van der Waals surface area contributed by atoms with Crippen LogP contribution in [0.25, 0.3) is 0 Å². The van der Waals surface area contributed by atoms with Crippen LogP contribution in [0, 0.1) is 5.92 Å². The number of pyridine rings is 1. The summed E-state index contributed by atoms with van der Waals surface area (Å²) in [7, 11) is 2.01.